The van der Waals surface area contributed by atoms with Crippen molar-refractivity contribution < 1.29 is 13.6 Å². The van der Waals surface area contributed by atoms with Gasteiger partial charge in [0.25, 0.3) is 0 Å². The minimum Gasteiger partial charge on any atom is -0.497 e. The third-order valence-electron chi connectivity index (χ3n) is 3.42. The Labute approximate surface area is 122 Å². The first-order valence-electron chi connectivity index (χ1n) is 6.80. The molecule has 108 valence electrons. The van der Waals surface area contributed by atoms with E-state index in [4.69, 9.17) is 13.6 Å². The van der Waals surface area contributed by atoms with Crippen LogP contribution in [0.3, 0.4) is 0 Å². The SMILES string of the molecule is COc1ccc2c(=O)c(-c3ccco3)c(C(C)C)oc2c1. The van der Waals surface area contributed by atoms with E-state index >= 15 is 0 Å². The van der Waals surface area contributed by atoms with Gasteiger partial charge in [-0.05, 0) is 24.3 Å². The predicted molar refractivity (Wildman–Crippen MR) is 80.8 cm³/mol. The molecule has 3 aromatic rings. The third kappa shape index (κ3) is 2.23. The smallest absolute Gasteiger partial charge is 0.203 e. The zero-order valence-electron chi connectivity index (χ0n) is 12.2. The number of benzene rings is 1. The minimum absolute atomic E-state index is 0.0633. The van der Waals surface area contributed by atoms with E-state index in [1.807, 2.05) is 13.8 Å². The van der Waals surface area contributed by atoms with Gasteiger partial charge in [0.2, 0.25) is 5.43 Å². The van der Waals surface area contributed by atoms with Gasteiger partial charge in [-0.3, -0.25) is 4.79 Å². The first-order valence-corrected chi connectivity index (χ1v) is 6.80. The molecule has 0 fully saturated rings. The van der Waals surface area contributed by atoms with Gasteiger partial charge in [0.05, 0.1) is 18.8 Å². The van der Waals surface area contributed by atoms with Gasteiger partial charge >= 0.3 is 0 Å². The van der Waals surface area contributed by atoms with Gasteiger partial charge < -0.3 is 13.6 Å². The van der Waals surface area contributed by atoms with Gasteiger partial charge in [-0.25, -0.2) is 0 Å². The molecule has 21 heavy (non-hydrogen) atoms. The van der Waals surface area contributed by atoms with Crippen LogP contribution in [0.15, 0.2) is 50.2 Å². The molecular formula is C17H16O4. The fourth-order valence-corrected chi connectivity index (χ4v) is 2.38. The van der Waals surface area contributed by atoms with Crippen LogP contribution in [0, 0.1) is 0 Å². The maximum absolute atomic E-state index is 12.8. The first-order chi connectivity index (χ1) is 10.1. The molecule has 4 heteroatoms. The molecule has 0 aliphatic carbocycles. The van der Waals surface area contributed by atoms with E-state index in [1.165, 1.54) is 0 Å². The topological polar surface area (TPSA) is 52.6 Å². The van der Waals surface area contributed by atoms with Crippen molar-refractivity contribution >= 4 is 11.0 Å². The summed E-state index contributed by atoms with van der Waals surface area (Å²) >= 11 is 0. The summed E-state index contributed by atoms with van der Waals surface area (Å²) in [6.45, 7) is 3.97. The highest BCUT2D eigenvalue weighted by Gasteiger charge is 2.20. The molecule has 3 rings (SSSR count). The van der Waals surface area contributed by atoms with Crippen LogP contribution in [0.2, 0.25) is 0 Å². The Hall–Kier alpha value is -2.49. The fourth-order valence-electron chi connectivity index (χ4n) is 2.38. The number of ether oxygens (including phenoxy) is 1. The standard InChI is InChI=1S/C17H16O4/c1-10(2)17-15(13-5-4-8-20-13)16(18)12-7-6-11(19-3)9-14(12)21-17/h4-10H,1-3H3. The van der Waals surface area contributed by atoms with Gasteiger partial charge in [0, 0.05) is 12.0 Å². The summed E-state index contributed by atoms with van der Waals surface area (Å²) in [6, 6.07) is 8.73. The zero-order valence-corrected chi connectivity index (χ0v) is 12.2. The molecule has 0 amide bonds. The molecule has 1 aromatic carbocycles. The van der Waals surface area contributed by atoms with Crippen LogP contribution < -0.4 is 10.2 Å². The molecule has 2 heterocycles. The summed E-state index contributed by atoms with van der Waals surface area (Å²) in [6.07, 6.45) is 1.55. The highest BCUT2D eigenvalue weighted by atomic mass is 16.5. The average molecular weight is 284 g/mol. The zero-order chi connectivity index (χ0) is 15.0. The Morgan fingerprint density at radius 3 is 2.62 bits per heavy atom. The lowest BCUT2D eigenvalue weighted by Gasteiger charge is -2.11. The van der Waals surface area contributed by atoms with Gasteiger partial charge in [-0.2, -0.15) is 0 Å². The average Bonchev–Trinajstić information content (AvgIpc) is 3.00. The second kappa shape index (κ2) is 5.13. The van der Waals surface area contributed by atoms with Crippen molar-refractivity contribution in [1.29, 1.82) is 0 Å². The van der Waals surface area contributed by atoms with E-state index in [-0.39, 0.29) is 11.3 Å². The molecule has 4 nitrogen and oxygen atoms in total. The second-order valence-electron chi connectivity index (χ2n) is 5.16. The van der Waals surface area contributed by atoms with Crippen LogP contribution >= 0.6 is 0 Å². The Morgan fingerprint density at radius 2 is 2.00 bits per heavy atom. The summed E-state index contributed by atoms with van der Waals surface area (Å²) in [5.74, 6) is 1.88. The summed E-state index contributed by atoms with van der Waals surface area (Å²) in [4.78, 5) is 12.8. The summed E-state index contributed by atoms with van der Waals surface area (Å²) in [5.41, 5.74) is 0.934. The molecule has 0 radical (unpaired) electrons. The molecule has 0 N–H and O–H groups in total. The lowest BCUT2D eigenvalue weighted by molar-refractivity contribution is 0.413. The van der Waals surface area contributed by atoms with E-state index in [0.29, 0.717) is 33.8 Å². The monoisotopic (exact) mass is 284 g/mol. The molecule has 0 saturated carbocycles. The van der Waals surface area contributed by atoms with Crippen molar-refractivity contribution in [3.8, 4) is 17.1 Å². The van der Waals surface area contributed by atoms with E-state index in [0.717, 1.165) is 0 Å². The highest BCUT2D eigenvalue weighted by molar-refractivity contribution is 5.83. The number of methoxy groups -OCH3 is 1. The van der Waals surface area contributed by atoms with Crippen LogP contribution in [0.4, 0.5) is 0 Å². The molecular weight excluding hydrogens is 268 g/mol. The highest BCUT2D eigenvalue weighted by Crippen LogP contribution is 2.31. The summed E-state index contributed by atoms with van der Waals surface area (Å²) < 4.78 is 16.5. The molecule has 0 unspecified atom stereocenters. The van der Waals surface area contributed by atoms with Crippen molar-refractivity contribution in [3.63, 3.8) is 0 Å². The summed E-state index contributed by atoms with van der Waals surface area (Å²) in [7, 11) is 1.58. The molecule has 0 atom stereocenters. The van der Waals surface area contributed by atoms with Crippen LogP contribution in [-0.2, 0) is 0 Å². The largest absolute Gasteiger partial charge is 0.497 e. The van der Waals surface area contributed by atoms with Crippen molar-refractivity contribution in [2.45, 2.75) is 19.8 Å². The fraction of sp³-hybridized carbons (Fsp3) is 0.235. The Morgan fingerprint density at radius 1 is 1.19 bits per heavy atom. The normalized spacial score (nSPS) is 11.2. The molecule has 0 saturated heterocycles. The van der Waals surface area contributed by atoms with Crippen LogP contribution in [0.5, 0.6) is 5.75 Å². The van der Waals surface area contributed by atoms with Gasteiger partial charge in [0.1, 0.15) is 28.4 Å². The molecule has 0 spiro atoms. The molecule has 0 bridgehead atoms. The minimum atomic E-state index is -0.0856. The van der Waals surface area contributed by atoms with Crippen LogP contribution in [0.25, 0.3) is 22.3 Å². The van der Waals surface area contributed by atoms with Crippen LogP contribution in [0.1, 0.15) is 25.5 Å². The van der Waals surface area contributed by atoms with Crippen molar-refractivity contribution in [2.24, 2.45) is 0 Å². The van der Waals surface area contributed by atoms with E-state index in [1.54, 1.807) is 43.7 Å². The van der Waals surface area contributed by atoms with E-state index < -0.39 is 0 Å². The van der Waals surface area contributed by atoms with E-state index in [2.05, 4.69) is 0 Å². The van der Waals surface area contributed by atoms with Crippen molar-refractivity contribution in [1.82, 2.24) is 0 Å². The molecule has 0 aliphatic heterocycles. The van der Waals surface area contributed by atoms with Crippen molar-refractivity contribution in [2.75, 3.05) is 7.11 Å². The Bertz CT molecular complexity index is 826. The Kier molecular flexibility index (Phi) is 3.29. The molecule has 0 aliphatic rings. The lowest BCUT2D eigenvalue weighted by atomic mass is 10.0. The summed E-state index contributed by atoms with van der Waals surface area (Å²) in [5, 5.41) is 0.520. The third-order valence-corrected chi connectivity index (χ3v) is 3.42. The number of furan rings is 1. The maximum Gasteiger partial charge on any atom is 0.203 e. The first kappa shape index (κ1) is 13.5. The second-order valence-corrected chi connectivity index (χ2v) is 5.16. The Balaban J connectivity index is 2.39. The molecule has 2 aromatic heterocycles. The maximum atomic E-state index is 12.8. The lowest BCUT2D eigenvalue weighted by Crippen LogP contribution is -2.09. The van der Waals surface area contributed by atoms with Gasteiger partial charge in [-0.1, -0.05) is 13.8 Å². The van der Waals surface area contributed by atoms with Gasteiger partial charge in [0.15, 0.2) is 0 Å². The van der Waals surface area contributed by atoms with Gasteiger partial charge in [-0.15, -0.1) is 0 Å². The number of hydrogen-bond donors (Lipinski definition) is 0. The van der Waals surface area contributed by atoms with Crippen LogP contribution in [-0.4, -0.2) is 7.11 Å². The quantitative estimate of drug-likeness (QED) is 0.723. The number of fused-ring (bicyclic) bond motifs is 1. The van der Waals surface area contributed by atoms with E-state index in [9.17, 15) is 4.79 Å². The van der Waals surface area contributed by atoms with Crippen molar-refractivity contribution in [3.05, 3.63) is 52.6 Å². The number of hydrogen-bond acceptors (Lipinski definition) is 4. The predicted octanol–water partition coefficient (Wildman–Crippen LogP) is 4.19. The number of rotatable bonds is 3.